The number of hydrogen-bond acceptors (Lipinski definition) is 3. The Labute approximate surface area is 114 Å². The Hall–Kier alpha value is -1.57. The molecule has 0 aliphatic heterocycles. The van der Waals surface area contributed by atoms with E-state index in [1.54, 1.807) is 0 Å². The van der Waals surface area contributed by atoms with Gasteiger partial charge in [-0.1, -0.05) is 0 Å². The van der Waals surface area contributed by atoms with E-state index in [9.17, 15) is 18.0 Å². The number of imidazole rings is 1. The zero-order valence-electron chi connectivity index (χ0n) is 9.88. The SMILES string of the molecule is COC(=O)c1c(C)nc2c(Br)cc(C(F)(F)F)cn12. The van der Waals surface area contributed by atoms with E-state index in [4.69, 9.17) is 0 Å². The summed E-state index contributed by atoms with van der Waals surface area (Å²) in [6.07, 6.45) is -3.69. The molecule has 19 heavy (non-hydrogen) atoms. The molecule has 8 heteroatoms. The number of esters is 1. The highest BCUT2D eigenvalue weighted by Crippen LogP contribution is 2.33. The number of fused-ring (bicyclic) bond motifs is 1. The van der Waals surface area contributed by atoms with Gasteiger partial charge in [0, 0.05) is 6.20 Å². The summed E-state index contributed by atoms with van der Waals surface area (Å²) < 4.78 is 44.0. The van der Waals surface area contributed by atoms with Gasteiger partial charge in [0.25, 0.3) is 0 Å². The van der Waals surface area contributed by atoms with Crippen molar-refractivity contribution in [3.05, 3.63) is 33.7 Å². The van der Waals surface area contributed by atoms with E-state index in [1.165, 1.54) is 6.92 Å². The molecule has 2 heterocycles. The number of aromatic nitrogens is 2. The van der Waals surface area contributed by atoms with Crippen molar-refractivity contribution in [2.45, 2.75) is 13.1 Å². The largest absolute Gasteiger partial charge is 0.464 e. The van der Waals surface area contributed by atoms with Crippen LogP contribution in [0.15, 0.2) is 16.7 Å². The summed E-state index contributed by atoms with van der Waals surface area (Å²) in [4.78, 5) is 15.7. The number of ether oxygens (including phenoxy) is 1. The van der Waals surface area contributed by atoms with Crippen molar-refractivity contribution >= 4 is 27.5 Å². The number of rotatable bonds is 1. The van der Waals surface area contributed by atoms with Gasteiger partial charge in [0.15, 0.2) is 11.3 Å². The smallest absolute Gasteiger partial charge is 0.417 e. The number of hydrogen-bond donors (Lipinski definition) is 0. The fourth-order valence-corrected chi connectivity index (χ4v) is 2.24. The van der Waals surface area contributed by atoms with Crippen molar-refractivity contribution < 1.29 is 22.7 Å². The maximum Gasteiger partial charge on any atom is 0.417 e. The molecule has 0 aliphatic carbocycles. The molecule has 102 valence electrons. The first-order chi connectivity index (χ1) is 8.75. The first-order valence-corrected chi connectivity index (χ1v) is 5.88. The van der Waals surface area contributed by atoms with Crippen molar-refractivity contribution in [1.29, 1.82) is 0 Å². The molecule has 0 N–H and O–H groups in total. The highest BCUT2D eigenvalue weighted by Gasteiger charge is 2.32. The number of pyridine rings is 1. The number of nitrogens with zero attached hydrogens (tertiary/aromatic N) is 2. The number of carbonyl (C=O) groups excluding carboxylic acids is 1. The molecule has 0 aliphatic rings. The lowest BCUT2D eigenvalue weighted by atomic mass is 10.2. The van der Waals surface area contributed by atoms with E-state index in [2.05, 4.69) is 25.7 Å². The lowest BCUT2D eigenvalue weighted by Crippen LogP contribution is -2.11. The summed E-state index contributed by atoms with van der Waals surface area (Å²) in [5.41, 5.74) is -0.378. The molecular formula is C11H8BrF3N2O2. The number of carbonyl (C=O) groups is 1. The van der Waals surface area contributed by atoms with Crippen molar-refractivity contribution in [1.82, 2.24) is 9.38 Å². The van der Waals surface area contributed by atoms with Crippen LogP contribution in [0.2, 0.25) is 0 Å². The Morgan fingerprint density at radius 2 is 2.11 bits per heavy atom. The highest BCUT2D eigenvalue weighted by molar-refractivity contribution is 9.10. The molecule has 2 rings (SSSR count). The van der Waals surface area contributed by atoms with E-state index in [0.717, 1.165) is 23.8 Å². The van der Waals surface area contributed by atoms with Gasteiger partial charge in [0.1, 0.15) is 0 Å². The molecule has 0 unspecified atom stereocenters. The van der Waals surface area contributed by atoms with Crippen LogP contribution in [0.5, 0.6) is 0 Å². The maximum absolute atomic E-state index is 12.7. The Kier molecular flexibility index (Phi) is 3.29. The van der Waals surface area contributed by atoms with E-state index >= 15 is 0 Å². The summed E-state index contributed by atoms with van der Waals surface area (Å²) in [5, 5.41) is 0. The van der Waals surface area contributed by atoms with Gasteiger partial charge in [-0.15, -0.1) is 0 Å². The van der Waals surface area contributed by atoms with Gasteiger partial charge in [-0.25, -0.2) is 9.78 Å². The monoisotopic (exact) mass is 336 g/mol. The van der Waals surface area contributed by atoms with Gasteiger partial charge in [-0.3, -0.25) is 4.40 Å². The summed E-state index contributed by atoms with van der Waals surface area (Å²) in [6, 6.07) is 0.919. The lowest BCUT2D eigenvalue weighted by molar-refractivity contribution is -0.137. The molecule has 0 atom stereocenters. The molecule has 0 amide bonds. The summed E-state index contributed by atoms with van der Waals surface area (Å²) in [6.45, 7) is 1.53. The third kappa shape index (κ3) is 2.32. The molecule has 0 fully saturated rings. The molecule has 4 nitrogen and oxygen atoms in total. The van der Waals surface area contributed by atoms with Crippen LogP contribution in [0.3, 0.4) is 0 Å². The van der Waals surface area contributed by atoms with Crippen molar-refractivity contribution in [2.75, 3.05) is 7.11 Å². The number of aryl methyl sites for hydroxylation is 1. The molecule has 0 saturated heterocycles. The number of alkyl halides is 3. The first-order valence-electron chi connectivity index (χ1n) is 5.09. The van der Waals surface area contributed by atoms with Crippen LogP contribution in [0.1, 0.15) is 21.7 Å². The first kappa shape index (κ1) is 13.9. The fourth-order valence-electron chi connectivity index (χ4n) is 1.72. The molecule has 0 aromatic carbocycles. The van der Waals surface area contributed by atoms with E-state index < -0.39 is 17.7 Å². The van der Waals surface area contributed by atoms with Crippen LogP contribution in [0.4, 0.5) is 13.2 Å². The highest BCUT2D eigenvalue weighted by atomic mass is 79.9. The Morgan fingerprint density at radius 3 is 2.63 bits per heavy atom. The molecule has 0 radical (unpaired) electrons. The second kappa shape index (κ2) is 4.52. The quantitative estimate of drug-likeness (QED) is 0.751. The Balaban J connectivity index is 2.81. The average molecular weight is 337 g/mol. The van der Waals surface area contributed by atoms with Gasteiger partial charge in [0.2, 0.25) is 0 Å². The van der Waals surface area contributed by atoms with E-state index in [0.29, 0.717) is 5.69 Å². The second-order valence-electron chi connectivity index (χ2n) is 3.81. The topological polar surface area (TPSA) is 43.6 Å². The van der Waals surface area contributed by atoms with Crippen LogP contribution >= 0.6 is 15.9 Å². The van der Waals surface area contributed by atoms with Crippen molar-refractivity contribution in [2.24, 2.45) is 0 Å². The fraction of sp³-hybridized carbons (Fsp3) is 0.273. The number of halogens is 4. The standard InChI is InChI=1S/C11H8BrF3N2O2/c1-5-8(10(18)19-2)17-4-6(11(13,14)15)3-7(12)9(17)16-5/h3-4H,1-2H3. The third-order valence-corrected chi connectivity index (χ3v) is 3.14. The Morgan fingerprint density at radius 1 is 1.47 bits per heavy atom. The van der Waals surface area contributed by atoms with Gasteiger partial charge in [-0.2, -0.15) is 13.2 Å². The van der Waals surface area contributed by atoms with Crippen molar-refractivity contribution in [3.63, 3.8) is 0 Å². The van der Waals surface area contributed by atoms with Gasteiger partial charge >= 0.3 is 12.1 Å². The predicted molar refractivity (Wildman–Crippen MR) is 64.0 cm³/mol. The minimum Gasteiger partial charge on any atom is -0.464 e. The molecule has 0 saturated carbocycles. The maximum atomic E-state index is 12.7. The minimum absolute atomic E-state index is 0.0238. The third-order valence-electron chi connectivity index (χ3n) is 2.56. The summed E-state index contributed by atoms with van der Waals surface area (Å²) >= 11 is 3.02. The van der Waals surface area contributed by atoms with E-state index in [1.807, 2.05) is 0 Å². The van der Waals surface area contributed by atoms with Crippen LogP contribution in [-0.2, 0) is 10.9 Å². The zero-order valence-corrected chi connectivity index (χ0v) is 11.5. The molecular weight excluding hydrogens is 329 g/mol. The van der Waals surface area contributed by atoms with Crippen LogP contribution in [-0.4, -0.2) is 22.5 Å². The van der Waals surface area contributed by atoms with Crippen LogP contribution < -0.4 is 0 Å². The van der Waals surface area contributed by atoms with Crippen molar-refractivity contribution in [3.8, 4) is 0 Å². The van der Waals surface area contributed by atoms with Crippen LogP contribution in [0.25, 0.3) is 5.65 Å². The summed E-state index contributed by atoms with van der Waals surface area (Å²) in [7, 11) is 1.16. The second-order valence-corrected chi connectivity index (χ2v) is 4.66. The molecule has 0 bridgehead atoms. The van der Waals surface area contributed by atoms with Crippen LogP contribution in [0, 0.1) is 6.92 Å². The normalized spacial score (nSPS) is 11.9. The van der Waals surface area contributed by atoms with E-state index in [-0.39, 0.29) is 15.8 Å². The van der Waals surface area contributed by atoms with Gasteiger partial charge in [0.05, 0.1) is 22.8 Å². The molecule has 0 spiro atoms. The molecule has 2 aromatic heterocycles. The summed E-state index contributed by atoms with van der Waals surface area (Å²) in [5.74, 6) is -0.740. The van der Waals surface area contributed by atoms with Gasteiger partial charge < -0.3 is 4.74 Å². The average Bonchev–Trinajstić information content (AvgIpc) is 2.64. The Bertz CT molecular complexity index is 664. The molecule has 2 aromatic rings. The minimum atomic E-state index is -4.51. The zero-order chi connectivity index (χ0) is 14.4. The predicted octanol–water partition coefficient (Wildman–Crippen LogP) is 3.21. The van der Waals surface area contributed by atoms with Gasteiger partial charge in [-0.05, 0) is 28.9 Å². The lowest BCUT2D eigenvalue weighted by Gasteiger charge is -2.09. The number of methoxy groups -OCH3 is 1.